The largest absolute Gasteiger partial charge is 0.368 e. The van der Waals surface area contributed by atoms with E-state index in [-0.39, 0.29) is 6.61 Å². The molecule has 0 saturated carbocycles. The van der Waals surface area contributed by atoms with Crippen molar-refractivity contribution in [3.63, 3.8) is 0 Å². The van der Waals surface area contributed by atoms with Crippen molar-refractivity contribution < 1.29 is 23.4 Å². The van der Waals surface area contributed by atoms with E-state index >= 15 is 0 Å². The highest BCUT2D eigenvalue weighted by molar-refractivity contribution is 8.07. The van der Waals surface area contributed by atoms with Gasteiger partial charge in [0.15, 0.2) is 6.23 Å². The number of rotatable bonds is 5. The van der Waals surface area contributed by atoms with Gasteiger partial charge in [-0.3, -0.25) is 18.9 Å². The summed E-state index contributed by atoms with van der Waals surface area (Å²) in [5.41, 5.74) is -1.53. The standard InChI is InChI=1S/C13H19N2O7PS/c1-4-13-6-20-8(9(13)22-23(18,24)19-3)11(21-13)15-5-7(2)10(16)14-12(15)17/h5,8-9,11H,4,6H2,1-3H3,(H,18,24)(H,14,16,17)/t8-,9?,11+,13+,23?/m0/s1. The van der Waals surface area contributed by atoms with Crippen molar-refractivity contribution >= 4 is 18.5 Å². The van der Waals surface area contributed by atoms with Crippen LogP contribution < -0.4 is 11.2 Å². The molecular formula is C13H19N2O7PS. The Labute approximate surface area is 142 Å². The molecule has 11 heteroatoms. The van der Waals surface area contributed by atoms with Crippen molar-refractivity contribution in [2.24, 2.45) is 0 Å². The third-order valence-corrected chi connectivity index (χ3v) is 6.13. The lowest BCUT2D eigenvalue weighted by Gasteiger charge is -2.31. The van der Waals surface area contributed by atoms with Gasteiger partial charge in [0.2, 0.25) is 0 Å². The normalized spacial score (nSPS) is 34.4. The van der Waals surface area contributed by atoms with E-state index in [9.17, 15) is 14.5 Å². The van der Waals surface area contributed by atoms with Crippen LogP contribution in [0.1, 0.15) is 25.1 Å². The molecule has 2 bridgehead atoms. The zero-order valence-corrected chi connectivity index (χ0v) is 15.1. The molecule has 0 amide bonds. The van der Waals surface area contributed by atoms with Crippen LogP contribution in [0.25, 0.3) is 0 Å². The smallest absolute Gasteiger partial charge is 0.330 e. The SMILES string of the molecule is CC[C@@]12CO[C@@H](C1OP(O)(=S)OC)[C@H](n1cc(C)c(=O)[nH]c1=O)O2. The Kier molecular flexibility index (Phi) is 4.59. The van der Waals surface area contributed by atoms with Gasteiger partial charge in [-0.05, 0) is 25.2 Å². The highest BCUT2D eigenvalue weighted by Crippen LogP contribution is 2.55. The molecule has 0 radical (unpaired) electrons. The molecule has 24 heavy (non-hydrogen) atoms. The molecule has 0 spiro atoms. The van der Waals surface area contributed by atoms with Gasteiger partial charge < -0.3 is 18.9 Å². The minimum absolute atomic E-state index is 0.255. The summed E-state index contributed by atoms with van der Waals surface area (Å²) in [4.78, 5) is 35.9. The van der Waals surface area contributed by atoms with E-state index < -0.39 is 42.0 Å². The predicted octanol–water partition coefficient (Wildman–Crippen LogP) is 0.170. The number of aromatic amines is 1. The summed E-state index contributed by atoms with van der Waals surface area (Å²) in [6, 6.07) is 0. The minimum Gasteiger partial charge on any atom is -0.368 e. The van der Waals surface area contributed by atoms with Gasteiger partial charge in [0.25, 0.3) is 5.56 Å². The van der Waals surface area contributed by atoms with Crippen LogP contribution in [0, 0.1) is 6.92 Å². The van der Waals surface area contributed by atoms with Gasteiger partial charge in [0.05, 0.1) is 6.61 Å². The average Bonchev–Trinajstić information content (AvgIpc) is 3.03. The Bertz CT molecular complexity index is 808. The number of fused-ring (bicyclic) bond motifs is 2. The second-order valence-corrected chi connectivity index (χ2v) is 8.76. The topological polar surface area (TPSA) is 112 Å². The first-order valence-electron chi connectivity index (χ1n) is 7.41. The second-order valence-electron chi connectivity index (χ2n) is 5.86. The van der Waals surface area contributed by atoms with E-state index in [1.165, 1.54) is 17.9 Å². The molecule has 1 aromatic heterocycles. The van der Waals surface area contributed by atoms with Crippen molar-refractivity contribution in [1.29, 1.82) is 0 Å². The van der Waals surface area contributed by atoms with Crippen molar-refractivity contribution in [2.75, 3.05) is 13.7 Å². The van der Waals surface area contributed by atoms with E-state index in [4.69, 9.17) is 30.3 Å². The fourth-order valence-electron chi connectivity index (χ4n) is 3.07. The number of aromatic nitrogens is 2. The van der Waals surface area contributed by atoms with Gasteiger partial charge in [0.1, 0.15) is 17.8 Å². The fraction of sp³-hybridized carbons (Fsp3) is 0.692. The minimum atomic E-state index is -3.43. The lowest BCUT2D eigenvalue weighted by Crippen LogP contribution is -2.42. The molecule has 0 aromatic carbocycles. The Hall–Kier alpha value is -0.870. The number of hydrogen-bond donors (Lipinski definition) is 2. The number of nitrogens with zero attached hydrogens (tertiary/aromatic N) is 1. The summed E-state index contributed by atoms with van der Waals surface area (Å²) in [6.07, 6.45) is -0.179. The Morgan fingerprint density at radius 2 is 2.29 bits per heavy atom. The molecule has 9 nitrogen and oxygen atoms in total. The van der Waals surface area contributed by atoms with Gasteiger partial charge in [-0.2, -0.15) is 0 Å². The van der Waals surface area contributed by atoms with Crippen LogP contribution >= 0.6 is 6.72 Å². The number of aryl methyl sites for hydroxylation is 1. The molecule has 3 heterocycles. The summed E-state index contributed by atoms with van der Waals surface area (Å²) < 4.78 is 23.5. The molecule has 1 aromatic rings. The van der Waals surface area contributed by atoms with Gasteiger partial charge in [-0.25, -0.2) is 4.79 Å². The molecule has 2 saturated heterocycles. The summed E-state index contributed by atoms with van der Waals surface area (Å²) in [7, 11) is 1.27. The van der Waals surface area contributed by atoms with E-state index in [0.717, 1.165) is 0 Å². The van der Waals surface area contributed by atoms with Crippen molar-refractivity contribution in [3.8, 4) is 0 Å². The van der Waals surface area contributed by atoms with E-state index in [2.05, 4.69) is 4.98 Å². The third-order valence-electron chi connectivity index (χ3n) is 4.47. The Balaban J connectivity index is 2.00. The Morgan fingerprint density at radius 3 is 2.92 bits per heavy atom. The number of ether oxygens (including phenoxy) is 2. The lowest BCUT2D eigenvalue weighted by atomic mass is 9.96. The number of nitrogens with one attached hydrogen (secondary N) is 1. The molecule has 2 fully saturated rings. The third kappa shape index (κ3) is 2.82. The van der Waals surface area contributed by atoms with E-state index in [1.807, 2.05) is 6.92 Å². The van der Waals surface area contributed by atoms with Crippen molar-refractivity contribution in [1.82, 2.24) is 9.55 Å². The quantitative estimate of drug-likeness (QED) is 0.698. The summed E-state index contributed by atoms with van der Waals surface area (Å²) in [5, 5.41) is 0. The van der Waals surface area contributed by atoms with Crippen molar-refractivity contribution in [3.05, 3.63) is 32.6 Å². The maximum Gasteiger partial charge on any atom is 0.330 e. The van der Waals surface area contributed by atoms with Gasteiger partial charge in [-0.1, -0.05) is 6.92 Å². The van der Waals surface area contributed by atoms with Crippen LogP contribution in [-0.2, 0) is 30.3 Å². The average molecular weight is 378 g/mol. The Morgan fingerprint density at radius 1 is 1.58 bits per heavy atom. The summed E-state index contributed by atoms with van der Waals surface area (Å²) in [5.74, 6) is 0. The summed E-state index contributed by atoms with van der Waals surface area (Å²) >= 11 is 4.93. The molecular weight excluding hydrogens is 359 g/mol. The molecule has 2 N–H and O–H groups in total. The van der Waals surface area contributed by atoms with E-state index in [0.29, 0.717) is 12.0 Å². The van der Waals surface area contributed by atoms with Crippen LogP contribution in [0.15, 0.2) is 15.8 Å². The van der Waals surface area contributed by atoms with Crippen LogP contribution in [0.2, 0.25) is 0 Å². The number of H-pyrrole nitrogens is 1. The second kappa shape index (κ2) is 6.14. The zero-order chi connectivity index (χ0) is 17.7. The van der Waals surface area contributed by atoms with E-state index in [1.54, 1.807) is 6.92 Å². The predicted molar refractivity (Wildman–Crippen MR) is 87.3 cm³/mol. The van der Waals surface area contributed by atoms with Gasteiger partial charge in [-0.15, -0.1) is 0 Å². The molecule has 2 aliphatic rings. The fourth-order valence-corrected chi connectivity index (χ4v) is 4.03. The first-order chi connectivity index (χ1) is 11.2. The highest BCUT2D eigenvalue weighted by atomic mass is 32.5. The molecule has 5 atom stereocenters. The molecule has 2 unspecified atom stereocenters. The molecule has 2 aliphatic heterocycles. The van der Waals surface area contributed by atoms with Crippen LogP contribution in [0.5, 0.6) is 0 Å². The zero-order valence-electron chi connectivity index (χ0n) is 13.4. The molecule has 3 rings (SSSR count). The number of hydrogen-bond acceptors (Lipinski definition) is 7. The first-order valence-corrected chi connectivity index (χ1v) is 10.0. The van der Waals surface area contributed by atoms with Gasteiger partial charge in [0, 0.05) is 18.9 Å². The first kappa shape index (κ1) is 17.9. The lowest BCUT2D eigenvalue weighted by molar-refractivity contribution is -0.175. The van der Waals surface area contributed by atoms with Crippen LogP contribution in [-0.4, -0.2) is 46.0 Å². The maximum absolute atomic E-state index is 12.1. The van der Waals surface area contributed by atoms with Crippen molar-refractivity contribution in [2.45, 2.75) is 44.3 Å². The van der Waals surface area contributed by atoms with Crippen LogP contribution in [0.4, 0.5) is 0 Å². The van der Waals surface area contributed by atoms with Crippen LogP contribution in [0.3, 0.4) is 0 Å². The highest BCUT2D eigenvalue weighted by Gasteiger charge is 2.63. The van der Waals surface area contributed by atoms with Gasteiger partial charge >= 0.3 is 12.4 Å². The summed E-state index contributed by atoms with van der Waals surface area (Å²) in [6.45, 7) is 0.299. The molecule has 0 aliphatic carbocycles. The molecule has 134 valence electrons. The monoisotopic (exact) mass is 378 g/mol. The maximum atomic E-state index is 12.1.